The molecule has 0 radical (unpaired) electrons. The predicted molar refractivity (Wildman–Crippen MR) is 160 cm³/mol. The number of hydrogen-bond donors (Lipinski definition) is 2. The Morgan fingerprint density at radius 2 is 1.52 bits per heavy atom. The van der Waals surface area contributed by atoms with Crippen LogP contribution in [0.4, 0.5) is 4.79 Å². The van der Waals surface area contributed by atoms with Crippen LogP contribution in [0.3, 0.4) is 0 Å². The summed E-state index contributed by atoms with van der Waals surface area (Å²) < 4.78 is 16.2. The van der Waals surface area contributed by atoms with Gasteiger partial charge in [-0.3, -0.25) is 0 Å². The van der Waals surface area contributed by atoms with Crippen LogP contribution in [0, 0.1) is 11.8 Å². The van der Waals surface area contributed by atoms with Gasteiger partial charge in [-0.25, -0.2) is 0 Å². The van der Waals surface area contributed by atoms with Gasteiger partial charge >= 0.3 is 256 Å². The number of methoxy groups -OCH3 is 2. The number of alkyl carbamates (subject to hydrolysis) is 1. The van der Waals surface area contributed by atoms with Crippen molar-refractivity contribution in [1.82, 2.24) is 15.5 Å². The molecule has 2 N–H and O–H groups in total. The topological polar surface area (TPSA) is 140 Å². The van der Waals surface area contributed by atoms with Crippen molar-refractivity contribution < 1.29 is 38.2 Å². The van der Waals surface area contributed by atoms with E-state index >= 15 is 0 Å². The standard InChI is InChI=1S/C30H47N3O8Se/c1-11-19(4)23(32-29(38)41-30(6,7)8)27(36)33(24(18(2)3)28(37)40-10)25(26(35)31-17-22(34)39-9)20(5)42-21-15-13-12-14-16-21/h12-16,18-20,23-25H,11,17H2,1-10H3,(H,31,35)(H,32,38)/t19-,20-,23-,24-,25?/m0/s1. The zero-order chi connectivity index (χ0) is 32.2. The summed E-state index contributed by atoms with van der Waals surface area (Å²) in [7, 11) is 2.42. The van der Waals surface area contributed by atoms with E-state index in [9.17, 15) is 24.0 Å². The minimum absolute atomic E-state index is 0.338. The summed E-state index contributed by atoms with van der Waals surface area (Å²) in [6.07, 6.45) is -0.290. The van der Waals surface area contributed by atoms with Gasteiger partial charge in [0, 0.05) is 0 Å². The Bertz CT molecular complexity index is 1060. The third-order valence-corrected chi connectivity index (χ3v) is 8.96. The molecule has 11 nitrogen and oxygen atoms in total. The van der Waals surface area contributed by atoms with Crippen LogP contribution in [0.5, 0.6) is 0 Å². The third kappa shape index (κ3) is 11.3. The van der Waals surface area contributed by atoms with Gasteiger partial charge in [0.2, 0.25) is 0 Å². The van der Waals surface area contributed by atoms with Crippen LogP contribution in [0.15, 0.2) is 30.3 Å². The second-order valence-electron chi connectivity index (χ2n) is 11.3. The van der Waals surface area contributed by atoms with Crippen LogP contribution in [0.1, 0.15) is 61.8 Å². The number of hydrogen-bond acceptors (Lipinski definition) is 8. The Kier molecular flexibility index (Phi) is 15.0. The Hall–Kier alpha value is -3.11. The molecule has 0 spiro atoms. The van der Waals surface area contributed by atoms with Crippen molar-refractivity contribution in [2.24, 2.45) is 11.8 Å². The van der Waals surface area contributed by atoms with Gasteiger partial charge in [-0.2, -0.15) is 0 Å². The van der Waals surface area contributed by atoms with Crippen molar-refractivity contribution >= 4 is 49.3 Å². The first kappa shape index (κ1) is 36.9. The van der Waals surface area contributed by atoms with Crippen molar-refractivity contribution in [3.8, 4) is 0 Å². The minimum atomic E-state index is -1.19. The van der Waals surface area contributed by atoms with E-state index < -0.39 is 70.9 Å². The van der Waals surface area contributed by atoms with Crippen molar-refractivity contribution in [3.63, 3.8) is 0 Å². The third-order valence-electron chi connectivity index (χ3n) is 6.49. The fourth-order valence-corrected chi connectivity index (χ4v) is 6.60. The molecule has 0 aliphatic carbocycles. The number of carbonyl (C=O) groups excluding carboxylic acids is 5. The Morgan fingerprint density at radius 1 is 0.929 bits per heavy atom. The van der Waals surface area contributed by atoms with Crippen LogP contribution in [-0.2, 0) is 33.4 Å². The van der Waals surface area contributed by atoms with E-state index in [1.54, 1.807) is 41.5 Å². The van der Waals surface area contributed by atoms with E-state index in [2.05, 4.69) is 15.4 Å². The molecule has 0 aromatic heterocycles. The quantitative estimate of drug-likeness (QED) is 0.177. The van der Waals surface area contributed by atoms with Gasteiger partial charge in [0.1, 0.15) is 0 Å². The van der Waals surface area contributed by atoms with Crippen LogP contribution >= 0.6 is 0 Å². The maximum absolute atomic E-state index is 14.6. The average Bonchev–Trinajstić information content (AvgIpc) is 2.92. The van der Waals surface area contributed by atoms with Crippen LogP contribution in [-0.4, -0.2) is 94.2 Å². The molecular formula is C30H47N3O8Se. The predicted octanol–water partition coefficient (Wildman–Crippen LogP) is 2.45. The number of carbonyl (C=O) groups is 5. The summed E-state index contributed by atoms with van der Waals surface area (Å²) in [4.78, 5) is 67.3. The van der Waals surface area contributed by atoms with E-state index in [1.165, 1.54) is 19.1 Å². The normalized spacial score (nSPS) is 14.9. The number of esters is 2. The number of amides is 3. The Balaban J connectivity index is 3.80. The molecule has 0 heterocycles. The van der Waals surface area contributed by atoms with Gasteiger partial charge in [-0.15, -0.1) is 0 Å². The molecule has 0 saturated heterocycles. The van der Waals surface area contributed by atoms with Crippen molar-refractivity contribution in [2.45, 2.75) is 90.4 Å². The molecule has 236 valence electrons. The molecule has 1 rings (SSSR count). The summed E-state index contributed by atoms with van der Waals surface area (Å²) >= 11 is -0.338. The van der Waals surface area contributed by atoms with E-state index in [-0.39, 0.29) is 20.9 Å². The average molecular weight is 657 g/mol. The molecule has 0 aliphatic heterocycles. The van der Waals surface area contributed by atoms with E-state index in [0.717, 1.165) is 4.46 Å². The number of nitrogens with one attached hydrogen (secondary N) is 2. The summed E-state index contributed by atoms with van der Waals surface area (Å²) in [5.41, 5.74) is -0.817. The zero-order valence-electron chi connectivity index (χ0n) is 26.4. The molecule has 0 bridgehead atoms. The van der Waals surface area contributed by atoms with E-state index in [1.807, 2.05) is 44.2 Å². The number of ether oxygens (including phenoxy) is 3. The van der Waals surface area contributed by atoms with Gasteiger partial charge in [0.05, 0.1) is 0 Å². The van der Waals surface area contributed by atoms with Crippen molar-refractivity contribution in [1.29, 1.82) is 0 Å². The van der Waals surface area contributed by atoms with Crippen molar-refractivity contribution in [2.75, 3.05) is 20.8 Å². The molecule has 1 aromatic carbocycles. The number of rotatable bonds is 14. The SMILES string of the molecule is CC[C@H](C)[C@H](NC(=O)OC(C)(C)C)C(=O)N(C(C(=O)NCC(=O)OC)[C@H](C)[Se]c1ccccc1)[C@H](C(=O)OC)C(C)C. The molecule has 1 unspecified atom stereocenters. The van der Waals surface area contributed by atoms with E-state index in [4.69, 9.17) is 9.47 Å². The van der Waals surface area contributed by atoms with Gasteiger partial charge in [0.25, 0.3) is 0 Å². The molecule has 12 heteroatoms. The summed E-state index contributed by atoms with van der Waals surface area (Å²) in [5.74, 6) is -3.48. The second-order valence-corrected chi connectivity index (χ2v) is 14.4. The number of benzene rings is 1. The zero-order valence-corrected chi connectivity index (χ0v) is 28.1. The molecule has 0 fully saturated rings. The molecule has 3 amide bonds. The fourth-order valence-electron chi connectivity index (χ4n) is 4.23. The molecule has 0 saturated carbocycles. The number of nitrogens with zero attached hydrogens (tertiary/aromatic N) is 1. The first-order chi connectivity index (χ1) is 19.6. The van der Waals surface area contributed by atoms with Gasteiger partial charge < -0.3 is 0 Å². The molecule has 5 atom stereocenters. The van der Waals surface area contributed by atoms with Crippen molar-refractivity contribution in [3.05, 3.63) is 30.3 Å². The summed E-state index contributed by atoms with van der Waals surface area (Å²) in [5, 5.41) is 5.27. The maximum atomic E-state index is 14.6. The second kappa shape index (κ2) is 17.1. The monoisotopic (exact) mass is 657 g/mol. The van der Waals surface area contributed by atoms with Gasteiger partial charge in [-0.05, 0) is 0 Å². The molecule has 42 heavy (non-hydrogen) atoms. The Labute approximate surface area is 255 Å². The van der Waals surface area contributed by atoms with Crippen LogP contribution in [0.2, 0.25) is 4.82 Å². The fraction of sp³-hybridized carbons (Fsp3) is 0.633. The van der Waals surface area contributed by atoms with Gasteiger partial charge in [0.15, 0.2) is 0 Å². The molecule has 0 aliphatic rings. The van der Waals surface area contributed by atoms with Crippen LogP contribution < -0.4 is 15.1 Å². The summed E-state index contributed by atoms with van der Waals surface area (Å²) in [6, 6.07) is 6.02. The Morgan fingerprint density at radius 3 is 2.00 bits per heavy atom. The van der Waals surface area contributed by atoms with Gasteiger partial charge in [-0.1, -0.05) is 0 Å². The van der Waals surface area contributed by atoms with E-state index in [0.29, 0.717) is 6.42 Å². The first-order valence-electron chi connectivity index (χ1n) is 14.0. The summed E-state index contributed by atoms with van der Waals surface area (Å²) in [6.45, 7) is 13.7. The molecule has 1 aromatic rings. The first-order valence-corrected chi connectivity index (χ1v) is 15.9. The molecular weight excluding hydrogens is 609 g/mol. The van der Waals surface area contributed by atoms with Crippen LogP contribution in [0.25, 0.3) is 0 Å².